The zero-order valence-corrected chi connectivity index (χ0v) is 15.4. The highest BCUT2D eigenvalue weighted by Crippen LogP contribution is 2.16. The van der Waals surface area contributed by atoms with Crippen LogP contribution in [0.25, 0.3) is 11.0 Å². The molecule has 2 aliphatic rings. The number of hydrogen-bond acceptors (Lipinski definition) is 7. The Balaban J connectivity index is 1.32. The molecule has 0 aliphatic carbocycles. The second kappa shape index (κ2) is 7.26. The van der Waals surface area contributed by atoms with Crippen LogP contribution in [-0.4, -0.2) is 56.9 Å². The lowest BCUT2D eigenvalue weighted by atomic mass is 10.0. The Bertz CT molecular complexity index is 816. The molecule has 3 N–H and O–H groups in total. The summed E-state index contributed by atoms with van der Waals surface area (Å²) >= 11 is 1.15. The molecule has 1 aromatic heterocycles. The fourth-order valence-electron chi connectivity index (χ4n) is 3.55. The fraction of sp³-hybridized carbons (Fsp3) is 0.529. The summed E-state index contributed by atoms with van der Waals surface area (Å²) in [6, 6.07) is 5.72. The molecule has 138 valence electrons. The Morgan fingerprint density at radius 1 is 1.27 bits per heavy atom. The highest BCUT2D eigenvalue weighted by Gasteiger charge is 2.30. The van der Waals surface area contributed by atoms with Crippen molar-refractivity contribution in [3.05, 3.63) is 23.8 Å². The van der Waals surface area contributed by atoms with Crippen LogP contribution in [0, 0.1) is 0 Å². The van der Waals surface area contributed by atoms with Crippen LogP contribution in [0.4, 0.5) is 0 Å². The molecular weight excluding hydrogens is 352 g/mol. The molecule has 2 atom stereocenters. The lowest BCUT2D eigenvalue weighted by Gasteiger charge is -2.41. The van der Waals surface area contributed by atoms with E-state index in [1.54, 1.807) is 12.1 Å². The standard InChI is InChI=1S/C17H22N6O2S/c1-10-8-15(24)20-17(18-10)23-6-4-12(5-7-23)19-16(25)11-2-3-13-14(9-11)22-26-21-13/h2-3,9-10,12,17-18H,4-8H2,1H3,(H,19,25)(H,20,24). The van der Waals surface area contributed by atoms with Gasteiger partial charge in [0.2, 0.25) is 5.91 Å². The van der Waals surface area contributed by atoms with Crippen molar-refractivity contribution in [2.24, 2.45) is 0 Å². The van der Waals surface area contributed by atoms with Crippen LogP contribution < -0.4 is 16.0 Å². The molecule has 0 saturated carbocycles. The molecule has 26 heavy (non-hydrogen) atoms. The molecule has 2 amide bonds. The molecule has 0 spiro atoms. The summed E-state index contributed by atoms with van der Waals surface area (Å²) in [6.07, 6.45) is 2.12. The number of hydrogen-bond donors (Lipinski definition) is 3. The third-order valence-electron chi connectivity index (χ3n) is 4.98. The van der Waals surface area contributed by atoms with E-state index < -0.39 is 0 Å². The summed E-state index contributed by atoms with van der Waals surface area (Å²) in [6.45, 7) is 3.67. The average Bonchev–Trinajstić information content (AvgIpc) is 3.09. The van der Waals surface area contributed by atoms with Crippen LogP contribution in [0.5, 0.6) is 0 Å². The summed E-state index contributed by atoms with van der Waals surface area (Å²) < 4.78 is 8.34. The molecule has 2 aliphatic heterocycles. The highest BCUT2D eigenvalue weighted by molar-refractivity contribution is 7.00. The fourth-order valence-corrected chi connectivity index (χ4v) is 4.07. The van der Waals surface area contributed by atoms with Crippen molar-refractivity contribution < 1.29 is 9.59 Å². The van der Waals surface area contributed by atoms with Crippen molar-refractivity contribution >= 4 is 34.6 Å². The number of carbonyl (C=O) groups is 2. The minimum absolute atomic E-state index is 0.0731. The predicted molar refractivity (Wildman–Crippen MR) is 98.6 cm³/mol. The van der Waals surface area contributed by atoms with Crippen molar-refractivity contribution in [2.75, 3.05) is 13.1 Å². The van der Waals surface area contributed by atoms with Gasteiger partial charge in [0.05, 0.1) is 11.7 Å². The molecule has 8 nitrogen and oxygen atoms in total. The number of rotatable bonds is 3. The Morgan fingerprint density at radius 2 is 2.04 bits per heavy atom. The summed E-state index contributed by atoms with van der Waals surface area (Å²) in [7, 11) is 0. The second-order valence-corrected chi connectivity index (χ2v) is 7.52. The first kappa shape index (κ1) is 17.3. The van der Waals surface area contributed by atoms with Gasteiger partial charge in [-0.2, -0.15) is 8.75 Å². The van der Waals surface area contributed by atoms with Gasteiger partial charge in [-0.05, 0) is 38.0 Å². The summed E-state index contributed by atoms with van der Waals surface area (Å²) in [5.41, 5.74) is 2.18. The van der Waals surface area contributed by atoms with E-state index in [1.165, 1.54) is 0 Å². The van der Waals surface area contributed by atoms with E-state index in [2.05, 4.69) is 29.6 Å². The topological polar surface area (TPSA) is 99.3 Å². The van der Waals surface area contributed by atoms with Crippen molar-refractivity contribution in [1.29, 1.82) is 0 Å². The molecule has 2 fully saturated rings. The van der Waals surface area contributed by atoms with Crippen molar-refractivity contribution in [3.8, 4) is 0 Å². The van der Waals surface area contributed by atoms with Gasteiger partial charge in [-0.15, -0.1) is 0 Å². The zero-order valence-electron chi connectivity index (χ0n) is 14.6. The van der Waals surface area contributed by atoms with E-state index in [0.717, 1.165) is 48.7 Å². The Morgan fingerprint density at radius 3 is 2.81 bits per heavy atom. The zero-order chi connectivity index (χ0) is 18.1. The number of carbonyl (C=O) groups excluding carboxylic acids is 2. The average molecular weight is 374 g/mol. The number of likely N-dealkylation sites (tertiary alicyclic amines) is 1. The van der Waals surface area contributed by atoms with Crippen molar-refractivity contribution in [3.63, 3.8) is 0 Å². The minimum Gasteiger partial charge on any atom is -0.349 e. The molecule has 4 rings (SSSR count). The Labute approximate surface area is 155 Å². The lowest BCUT2D eigenvalue weighted by Crippen LogP contribution is -2.65. The molecule has 2 saturated heterocycles. The van der Waals surface area contributed by atoms with Crippen LogP contribution in [0.1, 0.15) is 36.5 Å². The van der Waals surface area contributed by atoms with E-state index in [9.17, 15) is 9.59 Å². The summed E-state index contributed by atoms with van der Waals surface area (Å²) in [5, 5.41) is 9.51. The first-order chi connectivity index (χ1) is 12.6. The first-order valence-electron chi connectivity index (χ1n) is 8.91. The van der Waals surface area contributed by atoms with E-state index >= 15 is 0 Å². The third-order valence-corrected chi connectivity index (χ3v) is 5.53. The predicted octanol–water partition coefficient (Wildman–Crippen LogP) is 0.667. The maximum Gasteiger partial charge on any atom is 0.251 e. The van der Waals surface area contributed by atoms with Crippen LogP contribution in [0.3, 0.4) is 0 Å². The molecule has 3 heterocycles. The van der Waals surface area contributed by atoms with Gasteiger partial charge < -0.3 is 10.6 Å². The maximum absolute atomic E-state index is 12.5. The Hall–Kier alpha value is -2.10. The van der Waals surface area contributed by atoms with Crippen molar-refractivity contribution in [2.45, 2.75) is 44.6 Å². The quantitative estimate of drug-likeness (QED) is 0.730. The molecular formula is C17H22N6O2S. The SMILES string of the molecule is CC1CC(=O)NC(N2CCC(NC(=O)c3ccc4nsnc4c3)CC2)N1. The van der Waals surface area contributed by atoms with E-state index in [-0.39, 0.29) is 30.2 Å². The van der Waals surface area contributed by atoms with Crippen LogP contribution in [0.2, 0.25) is 0 Å². The number of nitrogens with zero attached hydrogens (tertiary/aromatic N) is 3. The Kier molecular flexibility index (Phi) is 4.84. The lowest BCUT2D eigenvalue weighted by molar-refractivity contribution is -0.127. The summed E-state index contributed by atoms with van der Waals surface area (Å²) in [5.74, 6) is 0.0136. The molecule has 2 unspecified atom stereocenters. The van der Waals surface area contributed by atoms with Gasteiger partial charge in [-0.25, -0.2) is 0 Å². The van der Waals surface area contributed by atoms with Gasteiger partial charge in [-0.3, -0.25) is 19.8 Å². The van der Waals surface area contributed by atoms with Crippen LogP contribution >= 0.6 is 11.7 Å². The summed E-state index contributed by atoms with van der Waals surface area (Å²) in [4.78, 5) is 26.5. The molecule has 0 radical (unpaired) electrons. The van der Waals surface area contributed by atoms with Gasteiger partial charge in [0.15, 0.2) is 0 Å². The van der Waals surface area contributed by atoms with Crippen LogP contribution in [-0.2, 0) is 4.79 Å². The molecule has 2 aromatic rings. The largest absolute Gasteiger partial charge is 0.349 e. The van der Waals surface area contributed by atoms with E-state index in [4.69, 9.17) is 0 Å². The molecule has 0 bridgehead atoms. The van der Waals surface area contributed by atoms with E-state index in [1.807, 2.05) is 13.0 Å². The number of amides is 2. The molecule has 1 aromatic carbocycles. The number of nitrogens with one attached hydrogen (secondary N) is 3. The van der Waals surface area contributed by atoms with Gasteiger partial charge in [-0.1, -0.05) is 0 Å². The second-order valence-electron chi connectivity index (χ2n) is 6.99. The van der Waals surface area contributed by atoms with Crippen molar-refractivity contribution in [1.82, 2.24) is 29.6 Å². The smallest absolute Gasteiger partial charge is 0.251 e. The number of piperidine rings is 1. The number of benzene rings is 1. The maximum atomic E-state index is 12.5. The number of aromatic nitrogens is 2. The van der Waals surface area contributed by atoms with Gasteiger partial charge in [0.25, 0.3) is 5.91 Å². The van der Waals surface area contributed by atoms with E-state index in [0.29, 0.717) is 12.0 Å². The monoisotopic (exact) mass is 374 g/mol. The normalized spacial score (nSPS) is 25.2. The van der Waals surface area contributed by atoms with Gasteiger partial charge in [0.1, 0.15) is 17.3 Å². The molecule has 9 heteroatoms. The van der Waals surface area contributed by atoms with Crippen LogP contribution in [0.15, 0.2) is 18.2 Å². The van der Waals surface area contributed by atoms with Gasteiger partial charge >= 0.3 is 0 Å². The van der Waals surface area contributed by atoms with Gasteiger partial charge in [0, 0.05) is 37.2 Å². The minimum atomic E-state index is -0.109. The highest BCUT2D eigenvalue weighted by atomic mass is 32.1. The number of fused-ring (bicyclic) bond motifs is 1. The first-order valence-corrected chi connectivity index (χ1v) is 9.64. The third kappa shape index (κ3) is 3.69.